The Morgan fingerprint density at radius 1 is 1.23 bits per heavy atom. The standard InChI is InChI=1S/C16H26N4O2/c1-19(2)16(22)12-5-7-13(8-6-12)18-11-15(21)20-9-3-4-14(20)10-17/h12-14,18H,3-9,11H2,1-2H3. The number of rotatable bonds is 4. The van der Waals surface area contributed by atoms with Gasteiger partial charge in [0.05, 0.1) is 12.6 Å². The van der Waals surface area contributed by atoms with E-state index in [9.17, 15) is 9.59 Å². The lowest BCUT2D eigenvalue weighted by Gasteiger charge is -2.30. The highest BCUT2D eigenvalue weighted by Gasteiger charge is 2.30. The summed E-state index contributed by atoms with van der Waals surface area (Å²) in [5, 5.41) is 12.3. The maximum absolute atomic E-state index is 12.2. The Labute approximate surface area is 132 Å². The van der Waals surface area contributed by atoms with Crippen LogP contribution in [0.15, 0.2) is 0 Å². The van der Waals surface area contributed by atoms with Gasteiger partial charge in [-0.1, -0.05) is 0 Å². The summed E-state index contributed by atoms with van der Waals surface area (Å²) >= 11 is 0. The molecule has 6 nitrogen and oxygen atoms in total. The van der Waals surface area contributed by atoms with Crippen LogP contribution in [0.3, 0.4) is 0 Å². The van der Waals surface area contributed by atoms with Crippen LogP contribution in [-0.4, -0.2) is 60.9 Å². The largest absolute Gasteiger partial charge is 0.349 e. The molecule has 1 atom stereocenters. The maximum Gasteiger partial charge on any atom is 0.237 e. The normalized spacial score (nSPS) is 28.2. The number of nitriles is 1. The van der Waals surface area contributed by atoms with Gasteiger partial charge in [0.2, 0.25) is 11.8 Å². The summed E-state index contributed by atoms with van der Waals surface area (Å²) in [6.45, 7) is 0.998. The first kappa shape index (κ1) is 16.8. The van der Waals surface area contributed by atoms with Crippen LogP contribution in [0.5, 0.6) is 0 Å². The Bertz CT molecular complexity index is 450. The Morgan fingerprint density at radius 3 is 2.50 bits per heavy atom. The van der Waals surface area contributed by atoms with E-state index in [2.05, 4.69) is 11.4 Å². The molecular weight excluding hydrogens is 280 g/mol. The molecule has 22 heavy (non-hydrogen) atoms. The predicted octanol–water partition coefficient (Wildman–Crippen LogP) is 0.738. The van der Waals surface area contributed by atoms with Gasteiger partial charge in [-0.2, -0.15) is 5.26 Å². The molecule has 2 aliphatic rings. The third kappa shape index (κ3) is 3.98. The topological polar surface area (TPSA) is 76.4 Å². The molecule has 6 heteroatoms. The van der Waals surface area contributed by atoms with Gasteiger partial charge in [0, 0.05) is 32.6 Å². The summed E-state index contributed by atoms with van der Waals surface area (Å²) in [6.07, 6.45) is 5.33. The summed E-state index contributed by atoms with van der Waals surface area (Å²) in [5.74, 6) is 0.365. The zero-order valence-corrected chi connectivity index (χ0v) is 13.5. The van der Waals surface area contributed by atoms with Crippen molar-refractivity contribution in [3.63, 3.8) is 0 Å². The quantitative estimate of drug-likeness (QED) is 0.831. The van der Waals surface area contributed by atoms with Crippen molar-refractivity contribution in [3.8, 4) is 6.07 Å². The molecule has 122 valence electrons. The fourth-order valence-corrected chi connectivity index (χ4v) is 3.44. The van der Waals surface area contributed by atoms with Gasteiger partial charge in [-0.3, -0.25) is 9.59 Å². The summed E-state index contributed by atoms with van der Waals surface area (Å²) in [5.41, 5.74) is 0. The molecular formula is C16H26N4O2. The number of hydrogen-bond acceptors (Lipinski definition) is 4. The number of amides is 2. The zero-order chi connectivity index (χ0) is 16.1. The van der Waals surface area contributed by atoms with E-state index in [1.165, 1.54) is 0 Å². The van der Waals surface area contributed by atoms with Gasteiger partial charge in [0.25, 0.3) is 0 Å². The summed E-state index contributed by atoms with van der Waals surface area (Å²) < 4.78 is 0. The lowest BCUT2D eigenvalue weighted by atomic mass is 9.85. The van der Waals surface area contributed by atoms with Crippen molar-refractivity contribution in [1.29, 1.82) is 5.26 Å². The highest BCUT2D eigenvalue weighted by Crippen LogP contribution is 2.25. The SMILES string of the molecule is CN(C)C(=O)C1CCC(NCC(=O)N2CCCC2C#N)CC1. The van der Waals surface area contributed by atoms with Gasteiger partial charge in [-0.15, -0.1) is 0 Å². The first-order chi connectivity index (χ1) is 10.5. The zero-order valence-electron chi connectivity index (χ0n) is 13.5. The number of hydrogen-bond donors (Lipinski definition) is 1. The molecule has 0 bridgehead atoms. The van der Waals surface area contributed by atoms with Crippen LogP contribution in [-0.2, 0) is 9.59 Å². The first-order valence-electron chi connectivity index (χ1n) is 8.16. The number of nitrogens with one attached hydrogen (secondary N) is 1. The molecule has 1 aliphatic carbocycles. The predicted molar refractivity (Wildman–Crippen MR) is 82.8 cm³/mol. The minimum Gasteiger partial charge on any atom is -0.349 e. The van der Waals surface area contributed by atoms with Crippen molar-refractivity contribution in [1.82, 2.24) is 15.1 Å². The number of nitrogens with zero attached hydrogens (tertiary/aromatic N) is 3. The van der Waals surface area contributed by atoms with Gasteiger partial charge in [-0.25, -0.2) is 0 Å². The van der Waals surface area contributed by atoms with E-state index in [1.807, 2.05) is 0 Å². The molecule has 1 saturated carbocycles. The minimum absolute atomic E-state index is 0.0236. The third-order valence-electron chi connectivity index (χ3n) is 4.78. The molecule has 1 N–H and O–H groups in total. The molecule has 0 radical (unpaired) electrons. The van der Waals surface area contributed by atoms with Crippen LogP contribution in [0, 0.1) is 17.2 Å². The molecule has 1 saturated heterocycles. The summed E-state index contributed by atoms with van der Waals surface area (Å²) in [7, 11) is 3.60. The smallest absolute Gasteiger partial charge is 0.237 e. The van der Waals surface area contributed by atoms with Crippen LogP contribution in [0.1, 0.15) is 38.5 Å². The molecule has 1 unspecified atom stereocenters. The molecule has 0 aromatic rings. The number of carbonyl (C=O) groups is 2. The highest BCUT2D eigenvalue weighted by atomic mass is 16.2. The Hall–Kier alpha value is -1.61. The van der Waals surface area contributed by atoms with Crippen LogP contribution in [0.25, 0.3) is 0 Å². The van der Waals surface area contributed by atoms with Crippen molar-refractivity contribution < 1.29 is 9.59 Å². The molecule has 0 aromatic carbocycles. The second-order valence-corrected chi connectivity index (χ2v) is 6.54. The third-order valence-corrected chi connectivity index (χ3v) is 4.78. The van der Waals surface area contributed by atoms with E-state index < -0.39 is 0 Å². The van der Waals surface area contributed by atoms with Gasteiger partial charge in [0.15, 0.2) is 0 Å². The molecule has 1 heterocycles. The fourth-order valence-electron chi connectivity index (χ4n) is 3.44. The van der Waals surface area contributed by atoms with Gasteiger partial charge < -0.3 is 15.1 Å². The molecule has 0 spiro atoms. The molecule has 1 aliphatic heterocycles. The summed E-state index contributed by atoms with van der Waals surface area (Å²) in [4.78, 5) is 27.5. The van der Waals surface area contributed by atoms with E-state index in [0.29, 0.717) is 19.1 Å². The molecule has 2 rings (SSSR count). The van der Waals surface area contributed by atoms with E-state index in [1.54, 1.807) is 23.9 Å². The number of likely N-dealkylation sites (tertiary alicyclic amines) is 1. The first-order valence-corrected chi connectivity index (χ1v) is 8.16. The van der Waals surface area contributed by atoms with Crippen LogP contribution >= 0.6 is 0 Å². The van der Waals surface area contributed by atoms with E-state index in [-0.39, 0.29) is 23.8 Å². The average Bonchev–Trinajstić information content (AvgIpc) is 3.01. The molecule has 2 amide bonds. The second-order valence-electron chi connectivity index (χ2n) is 6.54. The molecule has 2 fully saturated rings. The Kier molecular flexibility index (Phi) is 5.78. The second kappa shape index (κ2) is 7.59. The van der Waals surface area contributed by atoms with Crippen molar-refractivity contribution in [2.75, 3.05) is 27.2 Å². The fraction of sp³-hybridized carbons (Fsp3) is 0.812. The van der Waals surface area contributed by atoms with Gasteiger partial charge >= 0.3 is 0 Å². The van der Waals surface area contributed by atoms with Gasteiger partial charge in [0.1, 0.15) is 6.04 Å². The lowest BCUT2D eigenvalue weighted by molar-refractivity contribution is -0.134. The lowest BCUT2D eigenvalue weighted by Crippen LogP contribution is -2.45. The molecule has 0 aromatic heterocycles. The average molecular weight is 306 g/mol. The van der Waals surface area contributed by atoms with E-state index in [0.717, 1.165) is 38.5 Å². The van der Waals surface area contributed by atoms with Gasteiger partial charge in [-0.05, 0) is 38.5 Å². The van der Waals surface area contributed by atoms with E-state index >= 15 is 0 Å². The van der Waals surface area contributed by atoms with Crippen LogP contribution in [0.4, 0.5) is 0 Å². The van der Waals surface area contributed by atoms with E-state index in [4.69, 9.17) is 5.26 Å². The monoisotopic (exact) mass is 306 g/mol. The maximum atomic E-state index is 12.2. The highest BCUT2D eigenvalue weighted by molar-refractivity contribution is 5.79. The Morgan fingerprint density at radius 2 is 1.91 bits per heavy atom. The van der Waals surface area contributed by atoms with Crippen molar-refractivity contribution in [2.45, 2.75) is 50.6 Å². The van der Waals surface area contributed by atoms with Crippen molar-refractivity contribution in [2.24, 2.45) is 5.92 Å². The number of carbonyl (C=O) groups excluding carboxylic acids is 2. The van der Waals surface area contributed by atoms with Crippen molar-refractivity contribution in [3.05, 3.63) is 0 Å². The van der Waals surface area contributed by atoms with Crippen molar-refractivity contribution >= 4 is 11.8 Å². The van der Waals surface area contributed by atoms with Crippen LogP contribution in [0.2, 0.25) is 0 Å². The summed E-state index contributed by atoms with van der Waals surface area (Å²) in [6, 6.07) is 2.25. The minimum atomic E-state index is -0.247. The van der Waals surface area contributed by atoms with Crippen LogP contribution < -0.4 is 5.32 Å². The Balaban J connectivity index is 1.72.